The Bertz CT molecular complexity index is 773. The quantitative estimate of drug-likeness (QED) is 0.786. The standard InChI is InChI=1S/C17H19F3N4O3/c18-17(19,20)26-13-8-4-3-7-12(13)22-16(25)21-10-9-14-23-15(27-24-14)11-5-1-2-6-11/h3-4,7-8,11H,1-2,5-6,9-10H2,(H2,21,22,25). The summed E-state index contributed by atoms with van der Waals surface area (Å²) in [5.41, 5.74) is -0.0876. The fourth-order valence-electron chi connectivity index (χ4n) is 2.95. The lowest BCUT2D eigenvalue weighted by Gasteiger charge is -2.14. The summed E-state index contributed by atoms with van der Waals surface area (Å²) in [6.07, 6.45) is -0.0924. The number of urea groups is 1. The van der Waals surface area contributed by atoms with Gasteiger partial charge in [0.25, 0.3) is 0 Å². The highest BCUT2D eigenvalue weighted by molar-refractivity contribution is 5.90. The van der Waals surface area contributed by atoms with Gasteiger partial charge in [-0.2, -0.15) is 4.98 Å². The second-order valence-corrected chi connectivity index (χ2v) is 6.21. The van der Waals surface area contributed by atoms with Crippen molar-refractivity contribution in [2.24, 2.45) is 0 Å². The van der Waals surface area contributed by atoms with Crippen molar-refractivity contribution < 1.29 is 27.2 Å². The van der Waals surface area contributed by atoms with E-state index in [-0.39, 0.29) is 12.2 Å². The summed E-state index contributed by atoms with van der Waals surface area (Å²) in [4.78, 5) is 16.2. The van der Waals surface area contributed by atoms with Gasteiger partial charge < -0.3 is 19.9 Å². The molecule has 0 atom stereocenters. The molecule has 10 heteroatoms. The maximum atomic E-state index is 12.4. The Labute approximate surface area is 153 Å². The van der Waals surface area contributed by atoms with Crippen LogP contribution in [0.25, 0.3) is 0 Å². The van der Waals surface area contributed by atoms with Crippen molar-refractivity contribution in [2.75, 3.05) is 11.9 Å². The minimum Gasteiger partial charge on any atom is -0.404 e. The normalized spacial score (nSPS) is 14.9. The molecular weight excluding hydrogens is 365 g/mol. The SMILES string of the molecule is O=C(NCCc1noc(C2CCCC2)n1)Nc1ccccc1OC(F)(F)F. The average Bonchev–Trinajstić information content (AvgIpc) is 3.26. The summed E-state index contributed by atoms with van der Waals surface area (Å²) in [5, 5.41) is 8.76. The van der Waals surface area contributed by atoms with Gasteiger partial charge in [0.1, 0.15) is 0 Å². The number of hydrogen-bond donors (Lipinski definition) is 2. The first-order valence-corrected chi connectivity index (χ1v) is 8.63. The van der Waals surface area contributed by atoms with Crippen LogP contribution in [0.2, 0.25) is 0 Å². The van der Waals surface area contributed by atoms with Crippen LogP contribution in [0.1, 0.15) is 43.3 Å². The van der Waals surface area contributed by atoms with E-state index in [9.17, 15) is 18.0 Å². The molecule has 0 unspecified atom stereocenters. The Morgan fingerprint density at radius 2 is 2.00 bits per heavy atom. The number of ether oxygens (including phenoxy) is 1. The van der Waals surface area contributed by atoms with E-state index < -0.39 is 18.1 Å². The van der Waals surface area contributed by atoms with Crippen LogP contribution in [0.4, 0.5) is 23.7 Å². The van der Waals surface area contributed by atoms with E-state index in [1.807, 2.05) is 0 Å². The van der Waals surface area contributed by atoms with E-state index >= 15 is 0 Å². The van der Waals surface area contributed by atoms with E-state index in [1.165, 1.54) is 18.2 Å². The largest absolute Gasteiger partial charge is 0.573 e. The Morgan fingerprint density at radius 1 is 1.26 bits per heavy atom. The van der Waals surface area contributed by atoms with Gasteiger partial charge in [-0.3, -0.25) is 0 Å². The molecule has 0 radical (unpaired) electrons. The van der Waals surface area contributed by atoms with Crippen LogP contribution >= 0.6 is 0 Å². The molecule has 2 aromatic rings. The topological polar surface area (TPSA) is 89.3 Å². The van der Waals surface area contributed by atoms with Crippen molar-refractivity contribution in [3.05, 3.63) is 36.0 Å². The predicted molar refractivity (Wildman–Crippen MR) is 89.4 cm³/mol. The molecule has 0 spiro atoms. The Morgan fingerprint density at radius 3 is 2.74 bits per heavy atom. The first-order chi connectivity index (χ1) is 12.9. The number of nitrogens with zero attached hydrogens (tertiary/aromatic N) is 2. The highest BCUT2D eigenvalue weighted by atomic mass is 19.4. The Kier molecular flexibility index (Phi) is 5.82. The van der Waals surface area contributed by atoms with Gasteiger partial charge in [-0.15, -0.1) is 13.2 Å². The number of halogens is 3. The second-order valence-electron chi connectivity index (χ2n) is 6.21. The third-order valence-corrected chi connectivity index (χ3v) is 4.18. The van der Waals surface area contributed by atoms with Crippen molar-refractivity contribution >= 4 is 11.7 Å². The zero-order valence-electron chi connectivity index (χ0n) is 14.4. The van der Waals surface area contributed by atoms with Gasteiger partial charge in [-0.1, -0.05) is 30.1 Å². The third kappa shape index (κ3) is 5.60. The minimum atomic E-state index is -4.84. The maximum Gasteiger partial charge on any atom is 0.573 e. The molecule has 1 heterocycles. The molecule has 0 aliphatic heterocycles. The van der Waals surface area contributed by atoms with Crippen LogP contribution in [0, 0.1) is 0 Å². The molecule has 1 aromatic heterocycles. The summed E-state index contributed by atoms with van der Waals surface area (Å²) >= 11 is 0. The zero-order valence-corrected chi connectivity index (χ0v) is 14.4. The summed E-state index contributed by atoms with van der Waals surface area (Å²) < 4.78 is 46.3. The molecule has 27 heavy (non-hydrogen) atoms. The molecule has 1 aliphatic rings. The van der Waals surface area contributed by atoms with Crippen LogP contribution in [-0.2, 0) is 6.42 Å². The molecule has 1 aromatic carbocycles. The van der Waals surface area contributed by atoms with Crippen LogP contribution in [0.15, 0.2) is 28.8 Å². The summed E-state index contributed by atoms with van der Waals surface area (Å²) in [5.74, 6) is 0.940. The lowest BCUT2D eigenvalue weighted by molar-refractivity contribution is -0.274. The zero-order chi connectivity index (χ0) is 19.3. The molecular formula is C17H19F3N4O3. The van der Waals surface area contributed by atoms with E-state index in [1.54, 1.807) is 0 Å². The van der Waals surface area contributed by atoms with Crippen LogP contribution in [-0.4, -0.2) is 29.1 Å². The number of rotatable bonds is 6. The fourth-order valence-corrected chi connectivity index (χ4v) is 2.95. The van der Waals surface area contributed by atoms with Crippen LogP contribution in [0.5, 0.6) is 5.75 Å². The highest BCUT2D eigenvalue weighted by Gasteiger charge is 2.32. The molecule has 2 amide bonds. The molecule has 146 valence electrons. The van der Waals surface area contributed by atoms with Crippen molar-refractivity contribution in [1.82, 2.24) is 15.5 Å². The fraction of sp³-hybridized carbons (Fsp3) is 0.471. The van der Waals surface area contributed by atoms with Crippen molar-refractivity contribution in [1.29, 1.82) is 0 Å². The van der Waals surface area contributed by atoms with Crippen molar-refractivity contribution in [3.8, 4) is 5.75 Å². The van der Waals surface area contributed by atoms with Gasteiger partial charge in [0.05, 0.1) is 5.69 Å². The summed E-state index contributed by atoms with van der Waals surface area (Å²) in [6.45, 7) is 0.206. The maximum absolute atomic E-state index is 12.4. The third-order valence-electron chi connectivity index (χ3n) is 4.18. The van der Waals surface area contributed by atoms with Crippen molar-refractivity contribution in [2.45, 2.75) is 44.4 Å². The first kappa shape index (κ1) is 19.0. The Balaban J connectivity index is 1.48. The van der Waals surface area contributed by atoms with E-state index in [4.69, 9.17) is 4.52 Å². The van der Waals surface area contributed by atoms with E-state index in [0.717, 1.165) is 31.7 Å². The van der Waals surface area contributed by atoms with Crippen LogP contribution < -0.4 is 15.4 Å². The number of hydrogen-bond acceptors (Lipinski definition) is 5. The Hall–Kier alpha value is -2.78. The summed E-state index contributed by atoms with van der Waals surface area (Å²) in [7, 11) is 0. The number of carbonyl (C=O) groups is 1. The lowest BCUT2D eigenvalue weighted by atomic mass is 10.1. The first-order valence-electron chi connectivity index (χ1n) is 8.63. The highest BCUT2D eigenvalue weighted by Crippen LogP contribution is 2.33. The van der Waals surface area contributed by atoms with E-state index in [2.05, 4.69) is 25.5 Å². The molecule has 1 aliphatic carbocycles. The number of alkyl halides is 3. The monoisotopic (exact) mass is 384 g/mol. The smallest absolute Gasteiger partial charge is 0.404 e. The molecule has 0 saturated heterocycles. The van der Waals surface area contributed by atoms with Gasteiger partial charge in [0, 0.05) is 18.9 Å². The van der Waals surface area contributed by atoms with E-state index in [0.29, 0.717) is 24.1 Å². The molecule has 1 saturated carbocycles. The lowest BCUT2D eigenvalue weighted by Crippen LogP contribution is -2.31. The summed E-state index contributed by atoms with van der Waals surface area (Å²) in [6, 6.07) is 4.64. The van der Waals surface area contributed by atoms with Gasteiger partial charge in [-0.25, -0.2) is 4.79 Å². The van der Waals surface area contributed by atoms with Gasteiger partial charge in [0.15, 0.2) is 11.6 Å². The number of nitrogens with one attached hydrogen (secondary N) is 2. The van der Waals surface area contributed by atoms with Crippen molar-refractivity contribution in [3.63, 3.8) is 0 Å². The van der Waals surface area contributed by atoms with Gasteiger partial charge >= 0.3 is 12.4 Å². The molecule has 7 nitrogen and oxygen atoms in total. The van der Waals surface area contributed by atoms with Gasteiger partial charge in [0.2, 0.25) is 5.89 Å². The number of amides is 2. The molecule has 3 rings (SSSR count). The van der Waals surface area contributed by atoms with Crippen LogP contribution in [0.3, 0.4) is 0 Å². The number of benzene rings is 1. The number of para-hydroxylation sites is 2. The number of aromatic nitrogens is 2. The van der Waals surface area contributed by atoms with Gasteiger partial charge in [-0.05, 0) is 25.0 Å². The minimum absolute atomic E-state index is 0.0876. The molecule has 1 fully saturated rings. The number of carbonyl (C=O) groups excluding carboxylic acids is 1. The number of anilines is 1. The average molecular weight is 384 g/mol. The predicted octanol–water partition coefficient (Wildman–Crippen LogP) is 3.99. The molecule has 2 N–H and O–H groups in total. The molecule has 0 bridgehead atoms. The second kappa shape index (κ2) is 8.28.